The van der Waals surface area contributed by atoms with E-state index in [0.29, 0.717) is 72.5 Å². The molecule has 5 aromatic heterocycles. The third-order valence-corrected chi connectivity index (χ3v) is 36.7. The minimum Gasteiger partial charge on any atom is -0.371 e. The molecule has 12 atom stereocenters. The number of likely N-dealkylation sites (N-methyl/N-ethyl adjacent to an activating group) is 7. The van der Waals surface area contributed by atoms with Gasteiger partial charge in [-0.1, -0.05) is 97.9 Å². The van der Waals surface area contributed by atoms with E-state index in [1.165, 1.54) is 313 Å². The number of benzene rings is 5. The normalized spacial score (nSPS) is 24.9. The summed E-state index contributed by atoms with van der Waals surface area (Å²) >= 11 is 0. The smallest absolute Gasteiger partial charge is 0.0607 e. The van der Waals surface area contributed by atoms with Gasteiger partial charge in [0.2, 0.25) is 0 Å². The van der Waals surface area contributed by atoms with Crippen molar-refractivity contribution in [3.63, 3.8) is 0 Å². The average molecular weight is 2000 g/mol. The molecule has 22 heteroatoms. The van der Waals surface area contributed by atoms with Crippen LogP contribution in [0.3, 0.4) is 0 Å². The SMILES string of the molecule is CC1CN(c2cccc3c2C[C@@H](CN(C)[C@H]2CCCc4cccnc42)NC3)C1.CN(C)[C@@H]1CCN(c2cccc3c2C[C@H](CN(C)[C@H]2CCCc4cccnc42)NC3)C1.CN(C)[C@H]1CCN(c2cccc3c2C[C@H](CN(C)[C@H]2CCCc4cccnc42)NC3)C1.CN(C[C@@H]1Cc2c(cccc2N2CCCCC2)CN1)[C@H]1CCCc2cccnc21.CN(C[C@H]1Cc2c(cccc2N2CCCCC2)CN1)[C@H]1CCCc2cccnc21. The molecule has 0 unspecified atom stereocenters. The fourth-order valence-electron chi connectivity index (χ4n) is 28.5. The molecule has 10 aromatic rings. The molecule has 5 N–H and O–H groups in total. The van der Waals surface area contributed by atoms with Gasteiger partial charge in [0.05, 0.1) is 58.7 Å². The van der Waals surface area contributed by atoms with Crippen molar-refractivity contribution in [1.82, 2.24) is 85.8 Å². The Morgan fingerprint density at radius 2 is 0.473 bits per heavy atom. The van der Waals surface area contributed by atoms with Crippen LogP contribution in [0.15, 0.2) is 183 Å². The summed E-state index contributed by atoms with van der Waals surface area (Å²) in [5, 5.41) is 19.1. The van der Waals surface area contributed by atoms with Gasteiger partial charge in [-0.2, -0.15) is 0 Å². The van der Waals surface area contributed by atoms with Crippen molar-refractivity contribution in [3.05, 3.63) is 295 Å². The number of pyridine rings is 5. The van der Waals surface area contributed by atoms with Crippen LogP contribution in [0.1, 0.15) is 265 Å². The van der Waals surface area contributed by atoms with E-state index in [1.54, 1.807) is 27.8 Å². The summed E-state index contributed by atoms with van der Waals surface area (Å²) in [6, 6.07) is 62.4. The lowest BCUT2D eigenvalue weighted by atomic mass is 9.89. The Morgan fingerprint density at radius 3 is 0.703 bits per heavy atom. The average Bonchev–Trinajstić information content (AvgIpc) is 1.05. The number of piperidine rings is 2. The molecule has 0 spiro atoms. The fraction of sp³-hybridized carbons (Fsp3) is 0.563. The van der Waals surface area contributed by atoms with Gasteiger partial charge in [-0.3, -0.25) is 49.4 Å². The van der Waals surface area contributed by atoms with Crippen LogP contribution in [0.4, 0.5) is 28.4 Å². The largest absolute Gasteiger partial charge is 0.371 e. The summed E-state index contributed by atoms with van der Waals surface area (Å²) in [5.74, 6) is 0.832. The van der Waals surface area contributed by atoms with Crippen molar-refractivity contribution < 1.29 is 0 Å². The number of aryl methyl sites for hydroxylation is 5. The van der Waals surface area contributed by atoms with Gasteiger partial charge >= 0.3 is 0 Å². The number of hydrogen-bond acceptors (Lipinski definition) is 22. The van der Waals surface area contributed by atoms with Gasteiger partial charge in [0.1, 0.15) is 0 Å². The maximum atomic E-state index is 4.77. The molecule has 0 radical (unpaired) electrons. The number of anilines is 5. The van der Waals surface area contributed by atoms with Crippen molar-refractivity contribution in [2.24, 2.45) is 5.92 Å². The molecule has 5 aliphatic carbocycles. The topological polar surface area (TPSA) is 163 Å². The quantitative estimate of drug-likeness (QED) is 0.0435. The van der Waals surface area contributed by atoms with Crippen LogP contribution in [0.2, 0.25) is 0 Å². The second-order valence-corrected chi connectivity index (χ2v) is 47.3. The maximum Gasteiger partial charge on any atom is 0.0607 e. The number of nitrogens with zero attached hydrogens (tertiary/aromatic N) is 17. The molecule has 148 heavy (non-hydrogen) atoms. The van der Waals surface area contributed by atoms with E-state index in [4.69, 9.17) is 24.9 Å². The minimum atomic E-state index is 0.447. The zero-order valence-electron chi connectivity index (χ0n) is 91.4. The molecule has 15 heterocycles. The Balaban J connectivity index is 0.000000108. The predicted molar refractivity (Wildman–Crippen MR) is 609 cm³/mol. The van der Waals surface area contributed by atoms with Crippen LogP contribution in [-0.4, -0.2) is 263 Å². The lowest BCUT2D eigenvalue weighted by molar-refractivity contribution is 0.191. The number of aromatic nitrogens is 5. The number of rotatable bonds is 22. The molecule has 5 saturated heterocycles. The molecular weight excluding hydrogens is 1820 g/mol. The van der Waals surface area contributed by atoms with Crippen molar-refractivity contribution in [3.8, 4) is 0 Å². The van der Waals surface area contributed by atoms with E-state index in [9.17, 15) is 0 Å². The molecule has 25 rings (SSSR count). The second-order valence-electron chi connectivity index (χ2n) is 47.3. The van der Waals surface area contributed by atoms with Crippen molar-refractivity contribution in [2.45, 2.75) is 292 Å². The van der Waals surface area contributed by atoms with E-state index in [0.717, 1.165) is 117 Å². The Bertz CT molecular complexity index is 5730. The Kier molecular flexibility index (Phi) is 34.5. The molecule has 10 aliphatic heterocycles. The van der Waals surface area contributed by atoms with Gasteiger partial charge in [0, 0.05) is 233 Å². The van der Waals surface area contributed by atoms with E-state index < -0.39 is 0 Å². The van der Waals surface area contributed by atoms with E-state index >= 15 is 0 Å². The van der Waals surface area contributed by atoms with E-state index in [-0.39, 0.29) is 0 Å². The van der Waals surface area contributed by atoms with Gasteiger partial charge in [0.25, 0.3) is 0 Å². The van der Waals surface area contributed by atoms with Crippen molar-refractivity contribution in [2.75, 3.05) is 186 Å². The summed E-state index contributed by atoms with van der Waals surface area (Å²) in [7, 11) is 20.3. The van der Waals surface area contributed by atoms with Gasteiger partial charge in [-0.15, -0.1) is 0 Å². The van der Waals surface area contributed by atoms with Crippen LogP contribution < -0.4 is 51.1 Å². The maximum absolute atomic E-state index is 4.77. The van der Waals surface area contributed by atoms with Crippen LogP contribution in [0.25, 0.3) is 0 Å². The van der Waals surface area contributed by atoms with E-state index in [1.807, 2.05) is 31.0 Å². The predicted octanol–water partition coefficient (Wildman–Crippen LogP) is 18.2. The lowest BCUT2D eigenvalue weighted by Crippen LogP contribution is -2.48. The fourth-order valence-corrected chi connectivity index (χ4v) is 28.5. The van der Waals surface area contributed by atoms with Gasteiger partial charge in [0.15, 0.2) is 0 Å². The molecule has 15 aliphatic rings. The van der Waals surface area contributed by atoms with Gasteiger partial charge in [-0.25, -0.2) is 0 Å². The first kappa shape index (κ1) is 104. The monoisotopic (exact) mass is 2000 g/mol. The molecule has 22 nitrogen and oxygen atoms in total. The highest BCUT2D eigenvalue weighted by atomic mass is 15.3. The van der Waals surface area contributed by atoms with E-state index in [2.05, 4.69) is 307 Å². The van der Waals surface area contributed by atoms with Crippen molar-refractivity contribution in [1.29, 1.82) is 0 Å². The summed E-state index contributed by atoms with van der Waals surface area (Å²) < 4.78 is 0. The third-order valence-electron chi connectivity index (χ3n) is 36.7. The van der Waals surface area contributed by atoms with Crippen molar-refractivity contribution >= 4 is 28.4 Å². The van der Waals surface area contributed by atoms with Crippen LogP contribution in [0, 0.1) is 5.92 Å². The molecule has 5 aromatic carbocycles. The number of nitrogens with one attached hydrogen (secondary N) is 5. The van der Waals surface area contributed by atoms with Gasteiger partial charge in [-0.05, 0) is 393 Å². The highest BCUT2D eigenvalue weighted by Gasteiger charge is 2.40. The number of hydrogen-bond donors (Lipinski definition) is 5. The van der Waals surface area contributed by atoms with Crippen LogP contribution >= 0.6 is 0 Å². The van der Waals surface area contributed by atoms with Crippen LogP contribution in [0.5, 0.6) is 0 Å². The highest BCUT2D eigenvalue weighted by Crippen LogP contribution is 2.44. The summed E-state index contributed by atoms with van der Waals surface area (Å²) in [5.41, 5.74) is 36.5. The molecule has 788 valence electrons. The first-order chi connectivity index (χ1) is 72.5. The summed E-state index contributed by atoms with van der Waals surface area (Å²) in [6.07, 6.45) is 44.4. The summed E-state index contributed by atoms with van der Waals surface area (Å²) in [4.78, 5) is 54.4. The molecule has 0 saturated carbocycles. The van der Waals surface area contributed by atoms with Gasteiger partial charge < -0.3 is 60.9 Å². The zero-order chi connectivity index (χ0) is 101. The Morgan fingerprint density at radius 1 is 0.243 bits per heavy atom. The molecule has 5 fully saturated rings. The highest BCUT2D eigenvalue weighted by molar-refractivity contribution is 5.64. The first-order valence-electron chi connectivity index (χ1n) is 58.0. The molecule has 0 amide bonds. The Hall–Kier alpha value is -9.63. The molecular formula is C126H174N22. The summed E-state index contributed by atoms with van der Waals surface area (Å²) in [6.45, 7) is 24.6. The lowest BCUT2D eigenvalue weighted by Gasteiger charge is -2.42. The standard InChI is InChI=1S/2C26H37N5.2C25H34N4.C24H32N4/c2*1-29(2)22-12-14-31(18-22)24-10-5-8-20-16-28-21(15-23(20)24)17-30(3)25-11-4-7-19-9-6-13-27-26(19)25;2*1-28(24-12-5-8-19-10-7-13-26-25(19)24)18-21-16-22-20(17-27-21)9-6-11-23(22)29-14-3-2-4-15-29;1-17-14-28(15-17)22-9-4-7-19-13-26-20(12-21(19)22)16-27(2)23-10-3-6-18-8-5-11-25-24(18)23/h2*5-6,8-10,13,21-22,25,28H,4,7,11-12,14-18H2,1-3H3;2*6-7,9-11,13,21,24,27H,2-5,8,12,14-18H2,1H3;4-5,7-9,11,17,20,23,26H,3,6,10,12-16H2,1-2H3/t21-,22+,25+;21-,22-,25+;21-,24+;21-,24-;20-,23-/m11100/s1. The molecule has 0 bridgehead atoms. The minimum absolute atomic E-state index is 0.447. The van der Waals surface area contributed by atoms with Crippen LogP contribution in [-0.2, 0) is 96.9 Å². The number of fused-ring (bicyclic) bond motifs is 10. The third kappa shape index (κ3) is 24.3. The first-order valence-corrected chi connectivity index (χ1v) is 58.0. The zero-order valence-corrected chi connectivity index (χ0v) is 91.4. The Labute approximate surface area is 887 Å². The second kappa shape index (κ2) is 49.0.